The first-order chi connectivity index (χ1) is 14.0. The van der Waals surface area contributed by atoms with E-state index < -0.39 is 30.8 Å². The zero-order valence-corrected chi connectivity index (χ0v) is 15.0. The highest BCUT2D eigenvalue weighted by atomic mass is 19.4. The second-order valence-corrected chi connectivity index (χ2v) is 6.05. The van der Waals surface area contributed by atoms with Gasteiger partial charge in [0.15, 0.2) is 0 Å². The molecule has 1 heterocycles. The molecule has 30 heavy (non-hydrogen) atoms. The molecule has 0 radical (unpaired) electrons. The van der Waals surface area contributed by atoms with Gasteiger partial charge >= 0.3 is 12.7 Å². The molecule has 0 amide bonds. The molecule has 0 unspecified atom stereocenters. The Kier molecular flexibility index (Phi) is 5.88. The Morgan fingerprint density at radius 2 is 1.30 bits per heavy atom. The van der Waals surface area contributed by atoms with E-state index in [0.29, 0.717) is 11.1 Å². The second-order valence-electron chi connectivity index (χ2n) is 6.05. The molecule has 3 aromatic rings. The molecule has 0 aliphatic heterocycles. The van der Waals surface area contributed by atoms with Gasteiger partial charge in [0.05, 0.1) is 12.3 Å². The maximum Gasteiger partial charge on any atom is 0.573 e. The lowest BCUT2D eigenvalue weighted by Crippen LogP contribution is -2.17. The number of benzene rings is 2. The number of hydrogen-bond donors (Lipinski definition) is 1. The van der Waals surface area contributed by atoms with Gasteiger partial charge in [-0.2, -0.15) is 0 Å². The van der Waals surface area contributed by atoms with E-state index in [0.717, 1.165) is 24.3 Å². The normalized spacial score (nSPS) is 12.0. The molecule has 4 nitrogen and oxygen atoms in total. The van der Waals surface area contributed by atoms with Gasteiger partial charge < -0.3 is 14.6 Å². The van der Waals surface area contributed by atoms with Crippen LogP contribution in [0.5, 0.6) is 11.5 Å². The van der Waals surface area contributed by atoms with Crippen LogP contribution in [0.3, 0.4) is 0 Å². The summed E-state index contributed by atoms with van der Waals surface area (Å²) in [4.78, 5) is 4.18. The summed E-state index contributed by atoms with van der Waals surface area (Å²) in [7, 11) is 0. The second kappa shape index (κ2) is 8.23. The molecule has 10 heteroatoms. The SMILES string of the molecule is OCc1cnc(-c2cccc(OC(F)(F)F)c2)c(-c2cccc(OC(F)(F)F)c2)c1. The summed E-state index contributed by atoms with van der Waals surface area (Å²) in [6.07, 6.45) is -8.47. The van der Waals surface area contributed by atoms with Crippen molar-refractivity contribution in [3.05, 3.63) is 66.4 Å². The lowest BCUT2D eigenvalue weighted by molar-refractivity contribution is -0.275. The number of hydrogen-bond acceptors (Lipinski definition) is 4. The van der Waals surface area contributed by atoms with Crippen molar-refractivity contribution in [2.75, 3.05) is 0 Å². The molecule has 0 aliphatic rings. The topological polar surface area (TPSA) is 51.6 Å². The third-order valence-corrected chi connectivity index (χ3v) is 3.85. The van der Waals surface area contributed by atoms with Gasteiger partial charge in [0.1, 0.15) is 11.5 Å². The van der Waals surface area contributed by atoms with Crippen molar-refractivity contribution >= 4 is 0 Å². The molecule has 158 valence electrons. The van der Waals surface area contributed by atoms with E-state index in [9.17, 15) is 31.4 Å². The number of aliphatic hydroxyl groups excluding tert-OH is 1. The van der Waals surface area contributed by atoms with Gasteiger partial charge in [0.25, 0.3) is 0 Å². The molecule has 0 saturated carbocycles. The molecule has 3 rings (SSSR count). The highest BCUT2D eigenvalue weighted by molar-refractivity contribution is 5.82. The van der Waals surface area contributed by atoms with Gasteiger partial charge in [-0.15, -0.1) is 26.3 Å². The van der Waals surface area contributed by atoms with Crippen LogP contribution in [-0.4, -0.2) is 22.8 Å². The third kappa shape index (κ3) is 5.63. The summed E-state index contributed by atoms with van der Waals surface area (Å²) < 4.78 is 83.1. The predicted molar refractivity (Wildman–Crippen MR) is 94.4 cm³/mol. The van der Waals surface area contributed by atoms with Gasteiger partial charge in [0, 0.05) is 17.3 Å². The van der Waals surface area contributed by atoms with Crippen molar-refractivity contribution in [3.8, 4) is 33.9 Å². The van der Waals surface area contributed by atoms with Gasteiger partial charge in [-0.05, 0) is 41.5 Å². The summed E-state index contributed by atoms with van der Waals surface area (Å²) >= 11 is 0. The zero-order valence-electron chi connectivity index (χ0n) is 15.0. The van der Waals surface area contributed by atoms with Gasteiger partial charge in [0.2, 0.25) is 0 Å². The van der Waals surface area contributed by atoms with Crippen molar-refractivity contribution in [1.82, 2.24) is 4.98 Å². The van der Waals surface area contributed by atoms with Crippen LogP contribution in [0.1, 0.15) is 5.56 Å². The number of alkyl halides is 6. The Hall–Kier alpha value is -3.27. The van der Waals surface area contributed by atoms with Gasteiger partial charge in [-0.25, -0.2) is 0 Å². The Labute approximate surface area is 166 Å². The number of aromatic nitrogens is 1. The summed E-state index contributed by atoms with van der Waals surface area (Å²) in [5.74, 6) is -0.956. The minimum Gasteiger partial charge on any atom is -0.406 e. The van der Waals surface area contributed by atoms with E-state index in [1.54, 1.807) is 0 Å². The van der Waals surface area contributed by atoms with Crippen molar-refractivity contribution < 1.29 is 40.9 Å². The van der Waals surface area contributed by atoms with Crippen molar-refractivity contribution in [1.29, 1.82) is 0 Å². The average Bonchev–Trinajstić information content (AvgIpc) is 2.65. The fourth-order valence-corrected chi connectivity index (χ4v) is 2.75. The maximum absolute atomic E-state index is 12.5. The van der Waals surface area contributed by atoms with Crippen LogP contribution in [0.25, 0.3) is 22.4 Å². The van der Waals surface area contributed by atoms with Crippen LogP contribution in [0.2, 0.25) is 0 Å². The number of ether oxygens (including phenoxy) is 2. The first-order valence-corrected chi connectivity index (χ1v) is 8.36. The predicted octanol–water partition coefficient (Wildman–Crippen LogP) is 5.71. The van der Waals surface area contributed by atoms with E-state index in [2.05, 4.69) is 14.5 Å². The lowest BCUT2D eigenvalue weighted by atomic mass is 9.97. The van der Waals surface area contributed by atoms with Crippen molar-refractivity contribution in [2.24, 2.45) is 0 Å². The average molecular weight is 429 g/mol. The Bertz CT molecular complexity index is 1030. The minimum atomic E-state index is -4.89. The van der Waals surface area contributed by atoms with Crippen LogP contribution in [-0.2, 0) is 6.61 Å². The van der Waals surface area contributed by atoms with Gasteiger partial charge in [-0.1, -0.05) is 24.3 Å². The molecular formula is C20H13F6NO3. The van der Waals surface area contributed by atoms with Crippen LogP contribution < -0.4 is 9.47 Å². The van der Waals surface area contributed by atoms with Crippen LogP contribution in [0.15, 0.2) is 60.8 Å². The number of nitrogens with zero attached hydrogens (tertiary/aromatic N) is 1. The fraction of sp³-hybridized carbons (Fsp3) is 0.150. The molecular weight excluding hydrogens is 416 g/mol. The maximum atomic E-state index is 12.5. The summed E-state index contributed by atoms with van der Waals surface area (Å²) in [5.41, 5.74) is 1.33. The van der Waals surface area contributed by atoms with Crippen LogP contribution >= 0.6 is 0 Å². The zero-order chi connectivity index (χ0) is 21.9. The molecule has 0 saturated heterocycles. The Morgan fingerprint density at radius 1 is 0.767 bits per heavy atom. The van der Waals surface area contributed by atoms with E-state index in [1.165, 1.54) is 36.5 Å². The van der Waals surface area contributed by atoms with Crippen molar-refractivity contribution in [3.63, 3.8) is 0 Å². The summed E-state index contributed by atoms with van der Waals surface area (Å²) in [6, 6.07) is 11.5. The highest BCUT2D eigenvalue weighted by Crippen LogP contribution is 2.36. The first-order valence-electron chi connectivity index (χ1n) is 8.36. The highest BCUT2D eigenvalue weighted by Gasteiger charge is 2.32. The summed E-state index contributed by atoms with van der Waals surface area (Å²) in [5, 5.41) is 9.39. The third-order valence-electron chi connectivity index (χ3n) is 3.85. The lowest BCUT2D eigenvalue weighted by Gasteiger charge is -2.14. The fourth-order valence-electron chi connectivity index (χ4n) is 2.75. The Morgan fingerprint density at radius 3 is 1.83 bits per heavy atom. The number of rotatable bonds is 5. The van der Waals surface area contributed by atoms with Crippen LogP contribution in [0, 0.1) is 0 Å². The van der Waals surface area contributed by atoms with E-state index in [-0.39, 0.29) is 16.8 Å². The molecule has 0 spiro atoms. The molecule has 0 atom stereocenters. The smallest absolute Gasteiger partial charge is 0.406 e. The molecule has 0 fully saturated rings. The summed E-state index contributed by atoms with van der Waals surface area (Å²) in [6.45, 7) is -0.393. The number of pyridine rings is 1. The molecule has 2 aromatic carbocycles. The van der Waals surface area contributed by atoms with E-state index >= 15 is 0 Å². The van der Waals surface area contributed by atoms with Crippen molar-refractivity contribution in [2.45, 2.75) is 19.3 Å². The molecule has 1 N–H and O–H groups in total. The van der Waals surface area contributed by atoms with E-state index in [1.807, 2.05) is 0 Å². The molecule has 0 aliphatic carbocycles. The quantitative estimate of drug-likeness (QED) is 0.529. The standard InChI is InChI=1S/C20H13F6NO3/c21-19(22,23)29-15-5-1-3-13(8-15)17-7-12(11-28)10-27-18(17)14-4-2-6-16(9-14)30-20(24,25)26/h1-10,28H,11H2. The largest absolute Gasteiger partial charge is 0.573 e. The van der Waals surface area contributed by atoms with Crippen LogP contribution in [0.4, 0.5) is 26.3 Å². The Balaban J connectivity index is 2.09. The first kappa shape index (κ1) is 21.4. The molecule has 1 aromatic heterocycles. The number of aliphatic hydroxyl groups is 1. The van der Waals surface area contributed by atoms with Gasteiger partial charge in [-0.3, -0.25) is 4.98 Å². The molecule has 0 bridgehead atoms. The monoisotopic (exact) mass is 429 g/mol. The number of halogens is 6. The van der Waals surface area contributed by atoms with E-state index in [4.69, 9.17) is 0 Å². The minimum absolute atomic E-state index is 0.184.